The van der Waals surface area contributed by atoms with E-state index in [-0.39, 0.29) is 11.7 Å². The van der Waals surface area contributed by atoms with E-state index < -0.39 is 10.2 Å². The van der Waals surface area contributed by atoms with Gasteiger partial charge in [0.25, 0.3) is 10.2 Å². The summed E-state index contributed by atoms with van der Waals surface area (Å²) in [5, 5.41) is 0. The minimum absolute atomic E-state index is 0.00479. The van der Waals surface area contributed by atoms with Crippen LogP contribution in [-0.4, -0.2) is 56.3 Å². The largest absolute Gasteiger partial charge is 0.340 e. The summed E-state index contributed by atoms with van der Waals surface area (Å²) in [6.45, 7) is 3.47. The molecule has 1 N–H and O–H groups in total. The highest BCUT2D eigenvalue weighted by Crippen LogP contribution is 2.10. The molecule has 8 heteroatoms. The molecule has 0 bridgehead atoms. The fraction of sp³-hybridized carbons (Fsp3) is 0.533. The Hall–Kier alpha value is -1.51. The first-order chi connectivity index (χ1) is 10.9. The van der Waals surface area contributed by atoms with Crippen molar-refractivity contribution in [2.24, 2.45) is 0 Å². The molecule has 1 aliphatic heterocycles. The van der Waals surface area contributed by atoms with E-state index in [1.165, 1.54) is 16.4 Å². The van der Waals surface area contributed by atoms with E-state index in [2.05, 4.69) is 4.72 Å². The first-order valence-corrected chi connectivity index (χ1v) is 9.13. The lowest BCUT2D eigenvalue weighted by Crippen LogP contribution is -2.53. The molecule has 0 spiro atoms. The number of benzene rings is 1. The third-order valence-corrected chi connectivity index (χ3v) is 5.50. The number of carbonyl (C=O) groups excluding carboxylic acids is 1. The Morgan fingerprint density at radius 2 is 1.78 bits per heavy atom. The molecule has 0 atom stereocenters. The molecule has 1 aromatic rings. The molecule has 1 aromatic carbocycles. The molecule has 1 saturated heterocycles. The van der Waals surface area contributed by atoms with Gasteiger partial charge in [-0.2, -0.15) is 12.7 Å². The van der Waals surface area contributed by atoms with E-state index in [0.717, 1.165) is 5.56 Å². The predicted molar refractivity (Wildman–Crippen MR) is 85.5 cm³/mol. The maximum absolute atomic E-state index is 12.8. The molecule has 1 amide bonds. The van der Waals surface area contributed by atoms with E-state index in [1.54, 1.807) is 24.0 Å². The highest BCUT2D eigenvalue weighted by molar-refractivity contribution is 7.87. The molecule has 1 fully saturated rings. The van der Waals surface area contributed by atoms with Crippen molar-refractivity contribution < 1.29 is 17.6 Å². The van der Waals surface area contributed by atoms with Crippen molar-refractivity contribution in [3.8, 4) is 0 Å². The zero-order valence-electron chi connectivity index (χ0n) is 13.2. The number of amides is 1. The van der Waals surface area contributed by atoms with Crippen LogP contribution in [0.25, 0.3) is 0 Å². The van der Waals surface area contributed by atoms with E-state index in [4.69, 9.17) is 0 Å². The first kappa shape index (κ1) is 17.8. The van der Waals surface area contributed by atoms with Gasteiger partial charge in [0.15, 0.2) is 0 Å². The Labute approximate surface area is 136 Å². The molecular weight excluding hydrogens is 321 g/mol. The van der Waals surface area contributed by atoms with Crippen LogP contribution in [0.3, 0.4) is 0 Å². The fourth-order valence-electron chi connectivity index (χ4n) is 2.51. The average molecular weight is 343 g/mol. The van der Waals surface area contributed by atoms with Crippen molar-refractivity contribution >= 4 is 16.1 Å². The molecule has 0 saturated carbocycles. The SMILES string of the molecule is CCNS(=O)(=O)N1CCN(C(=O)CCc2ccc(F)cc2)CC1. The summed E-state index contributed by atoms with van der Waals surface area (Å²) in [5.74, 6) is -0.298. The van der Waals surface area contributed by atoms with E-state index in [1.807, 2.05) is 0 Å². The summed E-state index contributed by atoms with van der Waals surface area (Å²) in [5.41, 5.74) is 0.910. The van der Waals surface area contributed by atoms with Gasteiger partial charge in [0, 0.05) is 39.1 Å². The van der Waals surface area contributed by atoms with Crippen LogP contribution < -0.4 is 4.72 Å². The first-order valence-electron chi connectivity index (χ1n) is 7.69. The van der Waals surface area contributed by atoms with Gasteiger partial charge in [-0.25, -0.2) is 9.11 Å². The number of aryl methyl sites for hydroxylation is 1. The normalized spacial score (nSPS) is 16.5. The van der Waals surface area contributed by atoms with Crippen molar-refractivity contribution in [1.29, 1.82) is 0 Å². The summed E-state index contributed by atoms with van der Waals surface area (Å²) in [7, 11) is -3.43. The van der Waals surface area contributed by atoms with Crippen LogP contribution in [0.1, 0.15) is 18.9 Å². The zero-order valence-corrected chi connectivity index (χ0v) is 14.0. The maximum Gasteiger partial charge on any atom is 0.279 e. The van der Waals surface area contributed by atoms with Crippen molar-refractivity contribution in [3.05, 3.63) is 35.6 Å². The van der Waals surface area contributed by atoms with Gasteiger partial charge in [0.1, 0.15) is 5.82 Å². The third kappa shape index (κ3) is 4.98. The van der Waals surface area contributed by atoms with Crippen LogP contribution in [0.15, 0.2) is 24.3 Å². The van der Waals surface area contributed by atoms with Gasteiger partial charge in [0.2, 0.25) is 5.91 Å². The number of carbonyl (C=O) groups is 1. The van der Waals surface area contributed by atoms with E-state index in [9.17, 15) is 17.6 Å². The van der Waals surface area contributed by atoms with E-state index >= 15 is 0 Å². The Morgan fingerprint density at radius 1 is 1.17 bits per heavy atom. The van der Waals surface area contributed by atoms with Crippen molar-refractivity contribution in [2.75, 3.05) is 32.7 Å². The smallest absolute Gasteiger partial charge is 0.279 e. The van der Waals surface area contributed by atoms with Crippen molar-refractivity contribution in [3.63, 3.8) is 0 Å². The molecule has 0 aromatic heterocycles. The predicted octanol–water partition coefficient (Wildman–Crippen LogP) is 0.757. The zero-order chi connectivity index (χ0) is 16.9. The number of rotatable bonds is 6. The number of nitrogens with one attached hydrogen (secondary N) is 1. The van der Waals surface area contributed by atoms with Gasteiger partial charge < -0.3 is 4.90 Å². The van der Waals surface area contributed by atoms with Crippen molar-refractivity contribution in [1.82, 2.24) is 13.9 Å². The third-order valence-electron chi connectivity index (χ3n) is 3.80. The molecule has 1 aliphatic rings. The standard InChI is InChI=1S/C15H22FN3O3S/c1-2-17-23(21,22)19-11-9-18(10-12-19)15(20)8-5-13-3-6-14(16)7-4-13/h3-4,6-7,17H,2,5,8-12H2,1H3. The molecule has 0 radical (unpaired) electrons. The van der Waals surface area contributed by atoms with Crippen LogP contribution in [0, 0.1) is 5.82 Å². The summed E-state index contributed by atoms with van der Waals surface area (Å²) in [6, 6.07) is 6.10. The van der Waals surface area contributed by atoms with Crippen LogP contribution in [-0.2, 0) is 21.4 Å². The average Bonchev–Trinajstić information content (AvgIpc) is 2.54. The monoisotopic (exact) mass is 343 g/mol. The molecule has 128 valence electrons. The molecule has 1 heterocycles. The second-order valence-corrected chi connectivity index (χ2v) is 7.16. The van der Waals surface area contributed by atoms with Crippen LogP contribution in [0.5, 0.6) is 0 Å². The minimum atomic E-state index is -3.43. The molecule has 0 unspecified atom stereocenters. The van der Waals surface area contributed by atoms with Gasteiger partial charge >= 0.3 is 0 Å². The van der Waals surface area contributed by atoms with Gasteiger partial charge in [-0.15, -0.1) is 0 Å². The quantitative estimate of drug-likeness (QED) is 0.829. The highest BCUT2D eigenvalue weighted by Gasteiger charge is 2.27. The van der Waals surface area contributed by atoms with Gasteiger partial charge in [-0.1, -0.05) is 19.1 Å². The molecule has 6 nitrogen and oxygen atoms in total. The lowest BCUT2D eigenvalue weighted by Gasteiger charge is -2.34. The minimum Gasteiger partial charge on any atom is -0.340 e. The lowest BCUT2D eigenvalue weighted by molar-refractivity contribution is -0.132. The van der Waals surface area contributed by atoms with Crippen LogP contribution in [0.4, 0.5) is 4.39 Å². The van der Waals surface area contributed by atoms with E-state index in [0.29, 0.717) is 45.6 Å². The number of hydrogen-bond donors (Lipinski definition) is 1. The summed E-state index contributed by atoms with van der Waals surface area (Å²) in [4.78, 5) is 13.9. The number of piperazine rings is 1. The molecule has 0 aliphatic carbocycles. The Balaban J connectivity index is 1.80. The summed E-state index contributed by atoms with van der Waals surface area (Å²) in [6.07, 6.45) is 0.889. The molecule has 2 rings (SSSR count). The summed E-state index contributed by atoms with van der Waals surface area (Å²) < 4.78 is 40.4. The summed E-state index contributed by atoms with van der Waals surface area (Å²) >= 11 is 0. The lowest BCUT2D eigenvalue weighted by atomic mass is 10.1. The van der Waals surface area contributed by atoms with Gasteiger partial charge in [0.05, 0.1) is 0 Å². The highest BCUT2D eigenvalue weighted by atomic mass is 32.2. The Bertz CT molecular complexity index is 626. The number of halogens is 1. The Morgan fingerprint density at radius 3 is 2.35 bits per heavy atom. The van der Waals surface area contributed by atoms with Gasteiger partial charge in [-0.3, -0.25) is 4.79 Å². The molecular formula is C15H22FN3O3S. The maximum atomic E-state index is 12.8. The Kier molecular flexibility index (Phi) is 6.09. The topological polar surface area (TPSA) is 69.7 Å². The van der Waals surface area contributed by atoms with Crippen molar-refractivity contribution in [2.45, 2.75) is 19.8 Å². The second kappa shape index (κ2) is 7.85. The van der Waals surface area contributed by atoms with Crippen LogP contribution >= 0.6 is 0 Å². The second-order valence-electron chi connectivity index (χ2n) is 5.41. The molecule has 23 heavy (non-hydrogen) atoms. The fourth-order valence-corrected chi connectivity index (χ4v) is 3.70. The van der Waals surface area contributed by atoms with Gasteiger partial charge in [-0.05, 0) is 24.1 Å². The van der Waals surface area contributed by atoms with Crippen LogP contribution in [0.2, 0.25) is 0 Å². The number of hydrogen-bond acceptors (Lipinski definition) is 3. The number of nitrogens with zero attached hydrogens (tertiary/aromatic N) is 2.